The number of hydrogen-bond acceptors (Lipinski definition) is 4. The quantitative estimate of drug-likeness (QED) is 0.575. The molecule has 0 radical (unpaired) electrons. The second-order valence-electron chi connectivity index (χ2n) is 6.57. The molecule has 0 fully saturated rings. The van der Waals surface area contributed by atoms with Gasteiger partial charge in [-0.15, -0.1) is 0 Å². The molecule has 0 bridgehead atoms. The van der Waals surface area contributed by atoms with Gasteiger partial charge in [-0.25, -0.2) is 17.8 Å². The minimum absolute atomic E-state index is 0.133. The predicted molar refractivity (Wildman–Crippen MR) is 108 cm³/mol. The molecule has 1 amide bonds. The Morgan fingerprint density at radius 1 is 1.03 bits per heavy atom. The average molecular weight is 452 g/mol. The highest BCUT2D eigenvalue weighted by atomic mass is 32.2. The summed E-state index contributed by atoms with van der Waals surface area (Å²) in [4.78, 5) is 12.3. The molecule has 3 aromatic rings. The van der Waals surface area contributed by atoms with Crippen LogP contribution in [0.15, 0.2) is 65.7 Å². The Hall–Kier alpha value is -3.18. The van der Waals surface area contributed by atoms with Crippen LogP contribution in [0.5, 0.6) is 0 Å². The zero-order valence-electron chi connectivity index (χ0n) is 16.3. The van der Waals surface area contributed by atoms with Gasteiger partial charge in [-0.05, 0) is 61.5 Å². The lowest BCUT2D eigenvalue weighted by atomic mass is 10.1. The minimum Gasteiger partial charge on any atom is -0.326 e. The van der Waals surface area contributed by atoms with Gasteiger partial charge in [0.1, 0.15) is 5.69 Å². The number of aryl methyl sites for hydroxylation is 1. The molecule has 31 heavy (non-hydrogen) atoms. The molecular formula is C20H19F3N4O3S. The number of anilines is 1. The molecule has 0 aliphatic heterocycles. The standard InChI is InChI=1S/C20H19F3N4O3S/c1-24-31(29,30)17-9-2-14(3-10-17)4-11-19(28)26-15-5-7-16(8-6-15)27-18(12-13-25-27)20(21,22)23/h2-3,5-10,12-13,24H,4,11H2,1H3,(H,26,28). The third-order valence-corrected chi connectivity index (χ3v) is 5.90. The first-order chi connectivity index (χ1) is 14.6. The molecule has 164 valence electrons. The van der Waals surface area contributed by atoms with Crippen molar-refractivity contribution in [2.45, 2.75) is 23.9 Å². The molecule has 0 spiro atoms. The van der Waals surface area contributed by atoms with Crippen LogP contribution in [0, 0.1) is 0 Å². The van der Waals surface area contributed by atoms with Crippen molar-refractivity contribution < 1.29 is 26.4 Å². The van der Waals surface area contributed by atoms with Crippen LogP contribution in [-0.2, 0) is 27.4 Å². The van der Waals surface area contributed by atoms with Gasteiger partial charge in [0.25, 0.3) is 0 Å². The van der Waals surface area contributed by atoms with E-state index >= 15 is 0 Å². The highest BCUT2D eigenvalue weighted by molar-refractivity contribution is 7.89. The number of carbonyl (C=O) groups is 1. The van der Waals surface area contributed by atoms with E-state index in [4.69, 9.17) is 0 Å². The molecule has 0 aliphatic rings. The molecule has 1 aromatic heterocycles. The summed E-state index contributed by atoms with van der Waals surface area (Å²) in [6.45, 7) is 0. The van der Waals surface area contributed by atoms with Gasteiger partial charge >= 0.3 is 6.18 Å². The van der Waals surface area contributed by atoms with Crippen LogP contribution in [0.4, 0.5) is 18.9 Å². The largest absolute Gasteiger partial charge is 0.433 e. The van der Waals surface area contributed by atoms with E-state index in [2.05, 4.69) is 15.1 Å². The molecule has 1 heterocycles. The molecule has 0 unspecified atom stereocenters. The lowest BCUT2D eigenvalue weighted by molar-refractivity contribution is -0.142. The maximum atomic E-state index is 13.0. The van der Waals surface area contributed by atoms with Crippen LogP contribution < -0.4 is 10.0 Å². The van der Waals surface area contributed by atoms with E-state index in [1.54, 1.807) is 12.1 Å². The summed E-state index contributed by atoms with van der Waals surface area (Å²) in [5.41, 5.74) is 0.550. The zero-order chi connectivity index (χ0) is 22.6. The van der Waals surface area contributed by atoms with Crippen molar-refractivity contribution in [1.82, 2.24) is 14.5 Å². The molecule has 0 saturated heterocycles. The van der Waals surface area contributed by atoms with E-state index in [1.165, 1.54) is 43.4 Å². The van der Waals surface area contributed by atoms with Crippen molar-refractivity contribution in [2.24, 2.45) is 0 Å². The summed E-state index contributed by atoms with van der Waals surface area (Å²) in [6.07, 6.45) is -2.92. The lowest BCUT2D eigenvalue weighted by Crippen LogP contribution is -2.18. The molecular weight excluding hydrogens is 433 g/mol. The Kier molecular flexibility index (Phi) is 6.46. The number of rotatable bonds is 7. The van der Waals surface area contributed by atoms with Gasteiger partial charge in [-0.3, -0.25) is 4.79 Å². The summed E-state index contributed by atoms with van der Waals surface area (Å²) in [5.74, 6) is -0.283. The van der Waals surface area contributed by atoms with Crippen LogP contribution in [0.3, 0.4) is 0 Å². The number of halogens is 3. The molecule has 0 aliphatic carbocycles. The van der Waals surface area contributed by atoms with E-state index < -0.39 is 21.9 Å². The van der Waals surface area contributed by atoms with Crippen molar-refractivity contribution in [3.8, 4) is 5.69 Å². The van der Waals surface area contributed by atoms with Crippen molar-refractivity contribution in [3.63, 3.8) is 0 Å². The fourth-order valence-electron chi connectivity index (χ4n) is 2.84. The number of nitrogens with zero attached hydrogens (tertiary/aromatic N) is 2. The summed E-state index contributed by atoms with van der Waals surface area (Å²) in [7, 11) is -2.19. The smallest absolute Gasteiger partial charge is 0.326 e. The zero-order valence-corrected chi connectivity index (χ0v) is 17.2. The molecule has 2 aromatic carbocycles. The first-order valence-electron chi connectivity index (χ1n) is 9.14. The van der Waals surface area contributed by atoms with Crippen LogP contribution >= 0.6 is 0 Å². The first-order valence-corrected chi connectivity index (χ1v) is 10.6. The van der Waals surface area contributed by atoms with E-state index in [9.17, 15) is 26.4 Å². The molecule has 0 saturated carbocycles. The number of sulfonamides is 1. The maximum Gasteiger partial charge on any atom is 0.433 e. The number of nitrogens with one attached hydrogen (secondary N) is 2. The number of amides is 1. The molecule has 11 heteroatoms. The summed E-state index contributed by atoms with van der Waals surface area (Å²) in [5, 5.41) is 6.38. The average Bonchev–Trinajstić information content (AvgIpc) is 3.24. The molecule has 7 nitrogen and oxygen atoms in total. The molecule has 0 atom stereocenters. The van der Waals surface area contributed by atoms with Crippen LogP contribution in [-0.4, -0.2) is 31.2 Å². The monoisotopic (exact) mass is 452 g/mol. The topological polar surface area (TPSA) is 93.1 Å². The highest BCUT2D eigenvalue weighted by Crippen LogP contribution is 2.30. The summed E-state index contributed by atoms with van der Waals surface area (Å²) in [6, 6.07) is 12.9. The Morgan fingerprint density at radius 3 is 2.26 bits per heavy atom. The molecule has 3 rings (SSSR count). The van der Waals surface area contributed by atoms with E-state index in [0.29, 0.717) is 12.1 Å². The molecule has 2 N–H and O–H groups in total. The van der Waals surface area contributed by atoms with Gasteiger partial charge in [0.05, 0.1) is 16.8 Å². The minimum atomic E-state index is -4.53. The van der Waals surface area contributed by atoms with E-state index in [0.717, 1.165) is 22.5 Å². The Balaban J connectivity index is 1.59. The second-order valence-corrected chi connectivity index (χ2v) is 8.46. The SMILES string of the molecule is CNS(=O)(=O)c1ccc(CCC(=O)Nc2ccc(-n3nccc3C(F)(F)F)cc2)cc1. The second kappa shape index (κ2) is 8.90. The number of carbonyl (C=O) groups excluding carboxylic acids is 1. The number of hydrogen-bond donors (Lipinski definition) is 2. The van der Waals surface area contributed by atoms with Crippen molar-refractivity contribution in [1.29, 1.82) is 0 Å². The number of alkyl halides is 3. The third-order valence-electron chi connectivity index (χ3n) is 4.47. The van der Waals surface area contributed by atoms with Crippen LogP contribution in [0.25, 0.3) is 5.69 Å². The normalized spacial score (nSPS) is 12.0. The summed E-state index contributed by atoms with van der Waals surface area (Å²) >= 11 is 0. The fourth-order valence-corrected chi connectivity index (χ4v) is 3.57. The Morgan fingerprint density at radius 2 is 1.68 bits per heavy atom. The van der Waals surface area contributed by atoms with Gasteiger partial charge in [0, 0.05) is 12.1 Å². The fraction of sp³-hybridized carbons (Fsp3) is 0.200. The van der Waals surface area contributed by atoms with E-state index in [-0.39, 0.29) is 22.9 Å². The maximum absolute atomic E-state index is 13.0. The Bertz CT molecular complexity index is 1160. The van der Waals surface area contributed by atoms with Crippen molar-refractivity contribution in [3.05, 3.63) is 72.1 Å². The van der Waals surface area contributed by atoms with Crippen molar-refractivity contribution in [2.75, 3.05) is 12.4 Å². The van der Waals surface area contributed by atoms with Gasteiger partial charge in [0.15, 0.2) is 0 Å². The van der Waals surface area contributed by atoms with Crippen molar-refractivity contribution >= 4 is 21.6 Å². The van der Waals surface area contributed by atoms with Gasteiger partial charge in [-0.1, -0.05) is 12.1 Å². The van der Waals surface area contributed by atoms with Crippen LogP contribution in [0.1, 0.15) is 17.7 Å². The predicted octanol–water partition coefficient (Wildman–Crippen LogP) is 3.37. The first kappa shape index (κ1) is 22.5. The summed E-state index contributed by atoms with van der Waals surface area (Å²) < 4.78 is 65.4. The van der Waals surface area contributed by atoms with Crippen LogP contribution in [0.2, 0.25) is 0 Å². The third kappa shape index (κ3) is 5.50. The number of aromatic nitrogens is 2. The van der Waals surface area contributed by atoms with Gasteiger partial charge in [0.2, 0.25) is 15.9 Å². The highest BCUT2D eigenvalue weighted by Gasteiger charge is 2.35. The van der Waals surface area contributed by atoms with Gasteiger partial charge < -0.3 is 5.32 Å². The Labute approximate surface area is 176 Å². The lowest BCUT2D eigenvalue weighted by Gasteiger charge is -2.11. The number of benzene rings is 2. The van der Waals surface area contributed by atoms with Gasteiger partial charge in [-0.2, -0.15) is 18.3 Å². The van der Waals surface area contributed by atoms with E-state index in [1.807, 2.05) is 0 Å².